The van der Waals surface area contributed by atoms with E-state index in [0.29, 0.717) is 6.04 Å². The maximum Gasteiger partial charge on any atom is 0.0372 e. The van der Waals surface area contributed by atoms with E-state index in [0.717, 1.165) is 25.9 Å². The van der Waals surface area contributed by atoms with Crippen molar-refractivity contribution < 1.29 is 0 Å². The van der Waals surface area contributed by atoms with Crippen molar-refractivity contribution in [2.45, 2.75) is 32.7 Å². The number of anilines is 1. The first-order valence-electron chi connectivity index (χ1n) is 5.85. The van der Waals surface area contributed by atoms with Crippen molar-refractivity contribution in [3.05, 3.63) is 27.7 Å². The molecule has 1 aliphatic rings. The van der Waals surface area contributed by atoms with Crippen molar-refractivity contribution in [2.24, 2.45) is 5.73 Å². The summed E-state index contributed by atoms with van der Waals surface area (Å²) < 4.78 is 1.23. The van der Waals surface area contributed by atoms with Gasteiger partial charge in [0.1, 0.15) is 0 Å². The molecule has 0 amide bonds. The second-order valence-corrected chi connectivity index (χ2v) is 5.51. The SMILES string of the molecule is Cc1cc(N2CCC(N)CC2)cc(C)c1Br. The van der Waals surface area contributed by atoms with Crippen LogP contribution < -0.4 is 10.6 Å². The summed E-state index contributed by atoms with van der Waals surface area (Å²) in [5.41, 5.74) is 9.88. The minimum atomic E-state index is 0.397. The van der Waals surface area contributed by atoms with Gasteiger partial charge in [-0.25, -0.2) is 0 Å². The van der Waals surface area contributed by atoms with Gasteiger partial charge in [0, 0.05) is 29.3 Å². The maximum absolute atomic E-state index is 5.92. The average molecular weight is 283 g/mol. The van der Waals surface area contributed by atoms with E-state index in [1.54, 1.807) is 0 Å². The van der Waals surface area contributed by atoms with E-state index in [-0.39, 0.29) is 0 Å². The maximum atomic E-state index is 5.92. The number of rotatable bonds is 1. The summed E-state index contributed by atoms with van der Waals surface area (Å²) in [7, 11) is 0. The molecular weight excluding hydrogens is 264 g/mol. The van der Waals surface area contributed by atoms with Crippen LogP contribution in [0.1, 0.15) is 24.0 Å². The summed E-state index contributed by atoms with van der Waals surface area (Å²) >= 11 is 3.61. The Balaban J connectivity index is 2.21. The highest BCUT2D eigenvalue weighted by molar-refractivity contribution is 9.10. The van der Waals surface area contributed by atoms with E-state index in [9.17, 15) is 0 Å². The highest BCUT2D eigenvalue weighted by atomic mass is 79.9. The average Bonchev–Trinajstić information content (AvgIpc) is 2.26. The van der Waals surface area contributed by atoms with Crippen molar-refractivity contribution in [3.63, 3.8) is 0 Å². The Morgan fingerprint density at radius 3 is 2.19 bits per heavy atom. The molecule has 2 nitrogen and oxygen atoms in total. The highest BCUT2D eigenvalue weighted by Crippen LogP contribution is 2.28. The number of hydrogen-bond donors (Lipinski definition) is 1. The Labute approximate surface area is 106 Å². The minimum absolute atomic E-state index is 0.397. The van der Waals surface area contributed by atoms with E-state index in [2.05, 4.69) is 46.8 Å². The summed E-state index contributed by atoms with van der Waals surface area (Å²) in [5.74, 6) is 0. The first-order valence-corrected chi connectivity index (χ1v) is 6.64. The summed E-state index contributed by atoms with van der Waals surface area (Å²) in [6, 6.07) is 4.91. The molecule has 2 rings (SSSR count). The van der Waals surface area contributed by atoms with Crippen molar-refractivity contribution in [1.29, 1.82) is 0 Å². The fourth-order valence-corrected chi connectivity index (χ4v) is 2.49. The van der Waals surface area contributed by atoms with E-state index >= 15 is 0 Å². The molecule has 0 saturated carbocycles. The van der Waals surface area contributed by atoms with E-state index < -0.39 is 0 Å². The third-order valence-electron chi connectivity index (χ3n) is 3.33. The summed E-state index contributed by atoms with van der Waals surface area (Å²) in [6.45, 7) is 6.47. The number of nitrogens with two attached hydrogens (primary N) is 1. The minimum Gasteiger partial charge on any atom is -0.371 e. The summed E-state index contributed by atoms with van der Waals surface area (Å²) in [6.07, 6.45) is 2.21. The van der Waals surface area contributed by atoms with Crippen LogP contribution in [-0.2, 0) is 0 Å². The Bertz CT molecular complexity index is 359. The van der Waals surface area contributed by atoms with E-state index in [1.165, 1.54) is 21.3 Å². The molecule has 1 fully saturated rings. The van der Waals surface area contributed by atoms with Gasteiger partial charge in [0.15, 0.2) is 0 Å². The Morgan fingerprint density at radius 2 is 1.69 bits per heavy atom. The van der Waals surface area contributed by atoms with E-state index in [4.69, 9.17) is 5.73 Å². The van der Waals surface area contributed by atoms with Crippen LogP contribution in [0.3, 0.4) is 0 Å². The lowest BCUT2D eigenvalue weighted by molar-refractivity contribution is 0.501. The quantitative estimate of drug-likeness (QED) is 0.858. The molecule has 0 unspecified atom stereocenters. The van der Waals surface area contributed by atoms with Crippen LogP contribution in [0.5, 0.6) is 0 Å². The van der Waals surface area contributed by atoms with Crippen molar-refractivity contribution in [2.75, 3.05) is 18.0 Å². The highest BCUT2D eigenvalue weighted by Gasteiger charge is 2.17. The first kappa shape index (κ1) is 11.9. The smallest absolute Gasteiger partial charge is 0.0372 e. The van der Waals surface area contributed by atoms with Gasteiger partial charge in [-0.2, -0.15) is 0 Å². The molecule has 1 heterocycles. The molecule has 3 heteroatoms. The van der Waals surface area contributed by atoms with Crippen LogP contribution in [0.2, 0.25) is 0 Å². The lowest BCUT2D eigenvalue weighted by atomic mass is 10.0. The zero-order chi connectivity index (χ0) is 11.7. The number of aryl methyl sites for hydroxylation is 2. The van der Waals surface area contributed by atoms with Gasteiger partial charge in [0.05, 0.1) is 0 Å². The lowest BCUT2D eigenvalue weighted by Crippen LogP contribution is -2.39. The molecule has 0 radical (unpaired) electrons. The van der Waals surface area contributed by atoms with Crippen LogP contribution in [-0.4, -0.2) is 19.1 Å². The van der Waals surface area contributed by atoms with Crippen LogP contribution >= 0.6 is 15.9 Å². The van der Waals surface area contributed by atoms with Gasteiger partial charge in [0.2, 0.25) is 0 Å². The van der Waals surface area contributed by atoms with Crippen LogP contribution in [0.25, 0.3) is 0 Å². The summed E-state index contributed by atoms with van der Waals surface area (Å²) in [4.78, 5) is 2.44. The largest absolute Gasteiger partial charge is 0.371 e. The zero-order valence-corrected chi connectivity index (χ0v) is 11.5. The van der Waals surface area contributed by atoms with Gasteiger partial charge in [0.25, 0.3) is 0 Å². The van der Waals surface area contributed by atoms with Crippen molar-refractivity contribution in [1.82, 2.24) is 0 Å². The molecule has 2 N–H and O–H groups in total. The molecule has 16 heavy (non-hydrogen) atoms. The van der Waals surface area contributed by atoms with Crippen molar-refractivity contribution >= 4 is 21.6 Å². The number of benzene rings is 1. The van der Waals surface area contributed by atoms with Gasteiger partial charge >= 0.3 is 0 Å². The third kappa shape index (κ3) is 2.41. The standard InChI is InChI=1S/C13H19BrN2/c1-9-7-12(8-10(2)13(9)14)16-5-3-11(15)4-6-16/h7-8,11H,3-6,15H2,1-2H3. The van der Waals surface area contributed by atoms with Crippen LogP contribution in [0.4, 0.5) is 5.69 Å². The van der Waals surface area contributed by atoms with Crippen LogP contribution in [0.15, 0.2) is 16.6 Å². The molecule has 1 aromatic rings. The molecule has 0 spiro atoms. The van der Waals surface area contributed by atoms with E-state index in [1.807, 2.05) is 0 Å². The van der Waals surface area contributed by atoms with Gasteiger partial charge in [-0.15, -0.1) is 0 Å². The molecule has 0 aromatic heterocycles. The molecule has 1 aromatic carbocycles. The number of nitrogens with zero attached hydrogens (tertiary/aromatic N) is 1. The van der Waals surface area contributed by atoms with Gasteiger partial charge in [-0.05, 0) is 49.9 Å². The predicted octanol–water partition coefficient (Wildman–Crippen LogP) is 2.99. The predicted molar refractivity (Wildman–Crippen MR) is 73.0 cm³/mol. The second kappa shape index (κ2) is 4.76. The first-order chi connectivity index (χ1) is 7.58. The Morgan fingerprint density at radius 1 is 1.19 bits per heavy atom. The van der Waals surface area contributed by atoms with Crippen molar-refractivity contribution in [3.8, 4) is 0 Å². The third-order valence-corrected chi connectivity index (χ3v) is 4.58. The Kier molecular flexibility index (Phi) is 3.55. The topological polar surface area (TPSA) is 29.3 Å². The fraction of sp³-hybridized carbons (Fsp3) is 0.538. The molecule has 0 aliphatic carbocycles. The molecule has 1 saturated heterocycles. The fourth-order valence-electron chi connectivity index (χ4n) is 2.26. The normalized spacial score (nSPS) is 17.9. The molecular formula is C13H19BrN2. The summed E-state index contributed by atoms with van der Waals surface area (Å²) in [5, 5.41) is 0. The van der Waals surface area contributed by atoms with Gasteiger partial charge in [-0.1, -0.05) is 15.9 Å². The van der Waals surface area contributed by atoms with Gasteiger partial charge < -0.3 is 10.6 Å². The monoisotopic (exact) mass is 282 g/mol. The van der Waals surface area contributed by atoms with Gasteiger partial charge in [-0.3, -0.25) is 0 Å². The Hall–Kier alpha value is -0.540. The molecule has 88 valence electrons. The number of halogens is 1. The second-order valence-electron chi connectivity index (χ2n) is 4.72. The number of piperidine rings is 1. The lowest BCUT2D eigenvalue weighted by Gasteiger charge is -2.32. The number of hydrogen-bond acceptors (Lipinski definition) is 2. The molecule has 1 aliphatic heterocycles. The molecule has 0 atom stereocenters. The zero-order valence-electron chi connectivity index (χ0n) is 9.96. The van der Waals surface area contributed by atoms with Crippen LogP contribution in [0, 0.1) is 13.8 Å². The molecule has 0 bridgehead atoms.